The van der Waals surface area contributed by atoms with E-state index in [1.165, 1.54) is 0 Å². The van der Waals surface area contributed by atoms with Crippen molar-refractivity contribution in [3.63, 3.8) is 0 Å². The number of aryl methyl sites for hydroxylation is 1. The largest absolute Gasteiger partial charge is 0.497 e. The van der Waals surface area contributed by atoms with Gasteiger partial charge in [0.2, 0.25) is 5.91 Å². The standard InChI is InChI=1S/C19H23N3O2/c1-24-17-6-4-5-15(13-17)18-7-2-3-12-22(18)19(23)9-8-16-14-20-10-11-21-16/h4-6,10-11,13-14,18H,2-3,7-9,12H2,1H3. The molecule has 0 aliphatic carbocycles. The normalized spacial score (nSPS) is 17.5. The second kappa shape index (κ2) is 7.90. The number of amides is 1. The zero-order chi connectivity index (χ0) is 16.8. The Kier molecular flexibility index (Phi) is 5.41. The van der Waals surface area contributed by atoms with Gasteiger partial charge in [0.05, 0.1) is 18.8 Å². The molecule has 3 rings (SSSR count). The van der Waals surface area contributed by atoms with E-state index in [4.69, 9.17) is 4.74 Å². The molecule has 24 heavy (non-hydrogen) atoms. The van der Waals surface area contributed by atoms with Crippen LogP contribution in [0.1, 0.15) is 43.0 Å². The first-order valence-corrected chi connectivity index (χ1v) is 8.46. The molecular weight excluding hydrogens is 302 g/mol. The van der Waals surface area contributed by atoms with Crippen molar-refractivity contribution < 1.29 is 9.53 Å². The third-order valence-corrected chi connectivity index (χ3v) is 4.51. The first-order chi connectivity index (χ1) is 11.8. The third kappa shape index (κ3) is 3.91. The maximum absolute atomic E-state index is 12.8. The summed E-state index contributed by atoms with van der Waals surface area (Å²) in [5, 5.41) is 0. The lowest BCUT2D eigenvalue weighted by molar-refractivity contribution is -0.135. The fourth-order valence-electron chi connectivity index (χ4n) is 3.26. The smallest absolute Gasteiger partial charge is 0.223 e. The average Bonchev–Trinajstić information content (AvgIpc) is 2.67. The van der Waals surface area contributed by atoms with E-state index >= 15 is 0 Å². The first-order valence-electron chi connectivity index (χ1n) is 8.46. The molecule has 1 aliphatic rings. The number of carbonyl (C=O) groups excluding carboxylic acids is 1. The van der Waals surface area contributed by atoms with Gasteiger partial charge in [-0.1, -0.05) is 12.1 Å². The number of hydrogen-bond acceptors (Lipinski definition) is 4. The van der Waals surface area contributed by atoms with E-state index in [9.17, 15) is 4.79 Å². The highest BCUT2D eigenvalue weighted by Crippen LogP contribution is 2.33. The van der Waals surface area contributed by atoms with Gasteiger partial charge in [0.25, 0.3) is 0 Å². The highest BCUT2D eigenvalue weighted by molar-refractivity contribution is 5.77. The van der Waals surface area contributed by atoms with Crippen LogP contribution in [0, 0.1) is 0 Å². The van der Waals surface area contributed by atoms with Crippen molar-refractivity contribution in [2.24, 2.45) is 0 Å². The number of carbonyl (C=O) groups is 1. The van der Waals surface area contributed by atoms with Crippen LogP contribution in [0.2, 0.25) is 0 Å². The van der Waals surface area contributed by atoms with Gasteiger partial charge in [0.15, 0.2) is 0 Å². The van der Waals surface area contributed by atoms with Crippen LogP contribution >= 0.6 is 0 Å². The molecule has 2 heterocycles. The second-order valence-electron chi connectivity index (χ2n) is 6.07. The summed E-state index contributed by atoms with van der Waals surface area (Å²) in [5.74, 6) is 1.03. The number of nitrogens with zero attached hydrogens (tertiary/aromatic N) is 3. The van der Waals surface area contributed by atoms with Gasteiger partial charge >= 0.3 is 0 Å². The van der Waals surface area contributed by atoms with Crippen molar-refractivity contribution in [3.05, 3.63) is 54.1 Å². The summed E-state index contributed by atoms with van der Waals surface area (Å²) in [4.78, 5) is 23.1. The number of aromatic nitrogens is 2. The first kappa shape index (κ1) is 16.4. The fourth-order valence-corrected chi connectivity index (χ4v) is 3.26. The van der Waals surface area contributed by atoms with Gasteiger partial charge in [-0.2, -0.15) is 0 Å². The Morgan fingerprint density at radius 2 is 2.25 bits per heavy atom. The van der Waals surface area contributed by atoms with Crippen LogP contribution in [0.5, 0.6) is 5.75 Å². The van der Waals surface area contributed by atoms with E-state index in [2.05, 4.69) is 16.0 Å². The molecule has 5 heteroatoms. The van der Waals surface area contributed by atoms with Crippen molar-refractivity contribution in [2.75, 3.05) is 13.7 Å². The van der Waals surface area contributed by atoms with E-state index in [1.54, 1.807) is 25.7 Å². The molecule has 0 bridgehead atoms. The minimum Gasteiger partial charge on any atom is -0.497 e. The molecule has 126 valence electrons. The van der Waals surface area contributed by atoms with Crippen LogP contribution in [0.4, 0.5) is 0 Å². The minimum atomic E-state index is 0.142. The van der Waals surface area contributed by atoms with Crippen molar-refractivity contribution in [1.82, 2.24) is 14.9 Å². The maximum Gasteiger partial charge on any atom is 0.223 e. The topological polar surface area (TPSA) is 55.3 Å². The Hall–Kier alpha value is -2.43. The molecule has 0 spiro atoms. The van der Waals surface area contributed by atoms with Gasteiger partial charge in [0, 0.05) is 31.6 Å². The Labute approximate surface area is 142 Å². The van der Waals surface area contributed by atoms with Gasteiger partial charge in [-0.15, -0.1) is 0 Å². The Balaban J connectivity index is 1.70. The molecule has 1 aromatic heterocycles. The van der Waals surface area contributed by atoms with Gasteiger partial charge in [-0.05, 0) is 43.4 Å². The number of methoxy groups -OCH3 is 1. The summed E-state index contributed by atoms with van der Waals surface area (Å²) in [7, 11) is 1.67. The zero-order valence-electron chi connectivity index (χ0n) is 14.0. The Morgan fingerprint density at radius 3 is 3.04 bits per heavy atom. The molecule has 1 aliphatic heterocycles. The van der Waals surface area contributed by atoms with Crippen LogP contribution in [0.15, 0.2) is 42.9 Å². The van der Waals surface area contributed by atoms with E-state index in [-0.39, 0.29) is 11.9 Å². The molecule has 5 nitrogen and oxygen atoms in total. The van der Waals surface area contributed by atoms with Gasteiger partial charge < -0.3 is 9.64 Å². The zero-order valence-corrected chi connectivity index (χ0v) is 14.0. The molecule has 1 saturated heterocycles. The molecule has 1 atom stereocenters. The number of piperidine rings is 1. The quantitative estimate of drug-likeness (QED) is 0.847. The fraction of sp³-hybridized carbons (Fsp3) is 0.421. The summed E-state index contributed by atoms with van der Waals surface area (Å²) in [6.45, 7) is 0.821. The predicted molar refractivity (Wildman–Crippen MR) is 91.7 cm³/mol. The molecule has 1 unspecified atom stereocenters. The molecule has 0 radical (unpaired) electrons. The van der Waals surface area contributed by atoms with E-state index in [0.29, 0.717) is 12.8 Å². The van der Waals surface area contributed by atoms with E-state index < -0.39 is 0 Å². The number of benzene rings is 1. The number of rotatable bonds is 5. The third-order valence-electron chi connectivity index (χ3n) is 4.51. The average molecular weight is 325 g/mol. The molecule has 1 fully saturated rings. The van der Waals surface area contributed by atoms with Crippen molar-refractivity contribution in [1.29, 1.82) is 0 Å². The molecule has 2 aromatic rings. The van der Waals surface area contributed by atoms with E-state index in [1.807, 2.05) is 23.1 Å². The second-order valence-corrected chi connectivity index (χ2v) is 6.07. The van der Waals surface area contributed by atoms with Gasteiger partial charge in [-0.25, -0.2) is 0 Å². The number of likely N-dealkylation sites (tertiary alicyclic amines) is 1. The minimum absolute atomic E-state index is 0.142. The van der Waals surface area contributed by atoms with E-state index in [0.717, 1.165) is 42.8 Å². The summed E-state index contributed by atoms with van der Waals surface area (Å²) in [5.41, 5.74) is 2.02. The highest BCUT2D eigenvalue weighted by Gasteiger charge is 2.27. The summed E-state index contributed by atoms with van der Waals surface area (Å²) in [6, 6.07) is 8.20. The molecular formula is C19H23N3O2. The van der Waals surface area contributed by atoms with Crippen LogP contribution in [-0.2, 0) is 11.2 Å². The maximum atomic E-state index is 12.8. The van der Waals surface area contributed by atoms with Crippen LogP contribution < -0.4 is 4.74 Å². The molecule has 1 aromatic carbocycles. The lowest BCUT2D eigenvalue weighted by atomic mass is 9.94. The SMILES string of the molecule is COc1cccc(C2CCCCN2C(=O)CCc2cnccn2)c1. The van der Waals surface area contributed by atoms with Crippen molar-refractivity contribution in [3.8, 4) is 5.75 Å². The molecule has 1 amide bonds. The van der Waals surface area contributed by atoms with Crippen LogP contribution in [0.25, 0.3) is 0 Å². The Bertz CT molecular complexity index is 675. The van der Waals surface area contributed by atoms with Crippen molar-refractivity contribution in [2.45, 2.75) is 38.1 Å². The highest BCUT2D eigenvalue weighted by atomic mass is 16.5. The predicted octanol–water partition coefficient (Wildman–Crippen LogP) is 3.17. The van der Waals surface area contributed by atoms with Gasteiger partial charge in [-0.3, -0.25) is 14.8 Å². The molecule has 0 N–H and O–H groups in total. The summed E-state index contributed by atoms with van der Waals surface area (Å²) < 4.78 is 5.33. The van der Waals surface area contributed by atoms with Gasteiger partial charge in [0.1, 0.15) is 5.75 Å². The molecule has 0 saturated carbocycles. The Morgan fingerprint density at radius 1 is 1.33 bits per heavy atom. The number of hydrogen-bond donors (Lipinski definition) is 0. The van der Waals surface area contributed by atoms with Crippen LogP contribution in [-0.4, -0.2) is 34.4 Å². The lowest BCUT2D eigenvalue weighted by Crippen LogP contribution is -2.38. The lowest BCUT2D eigenvalue weighted by Gasteiger charge is -2.36. The van der Waals surface area contributed by atoms with Crippen molar-refractivity contribution >= 4 is 5.91 Å². The summed E-state index contributed by atoms with van der Waals surface area (Å²) >= 11 is 0. The number of ether oxygens (including phenoxy) is 1. The monoisotopic (exact) mass is 325 g/mol. The summed E-state index contributed by atoms with van der Waals surface area (Å²) in [6.07, 6.45) is 9.36. The van der Waals surface area contributed by atoms with Crippen LogP contribution in [0.3, 0.4) is 0 Å².